The third-order valence-corrected chi connectivity index (χ3v) is 6.53. The van der Waals surface area contributed by atoms with Crippen LogP contribution in [-0.2, 0) is 18.0 Å². The van der Waals surface area contributed by atoms with Gasteiger partial charge in [-0.2, -0.15) is 9.61 Å². The number of nitrogens with zero attached hydrogens (tertiary/aromatic N) is 2. The maximum Gasteiger partial charge on any atom is 0.407 e. The molecule has 0 saturated heterocycles. The van der Waals surface area contributed by atoms with E-state index in [1.807, 2.05) is 0 Å². The second-order valence-corrected chi connectivity index (χ2v) is 10.1. The van der Waals surface area contributed by atoms with Crippen LogP contribution in [-0.4, -0.2) is 40.1 Å². The lowest BCUT2D eigenvalue weighted by atomic mass is 9.98. The lowest BCUT2D eigenvalue weighted by Crippen LogP contribution is -2.54. The lowest BCUT2D eigenvalue weighted by Gasteiger charge is -2.30. The summed E-state index contributed by atoms with van der Waals surface area (Å²) in [4.78, 5) is 25.8. The standard InChI is InChI=1S/C30H30F4N4O4/c1-18-12-24-27(19(2)37-38(24)26(13-18)41-16-21-22(31)10-7-11-23(21)32)28(39)35-17-30(3,14-25(33)34)36-29(40)42-15-20-8-5-4-6-9-20/h4-13,25H,14-17H2,1-3H3,(H,35,39)(H,36,40). The van der Waals surface area contributed by atoms with Crippen molar-refractivity contribution in [3.8, 4) is 5.88 Å². The number of carbonyl (C=O) groups excluding carboxylic acids is 2. The Bertz CT molecular complexity index is 1560. The molecule has 1 unspecified atom stereocenters. The quantitative estimate of drug-likeness (QED) is 0.214. The number of nitrogens with one attached hydrogen (secondary N) is 2. The van der Waals surface area contributed by atoms with E-state index in [4.69, 9.17) is 9.47 Å². The molecule has 2 aromatic heterocycles. The molecule has 222 valence electrons. The first-order chi connectivity index (χ1) is 20.0. The number of hydrogen-bond acceptors (Lipinski definition) is 5. The molecule has 2 aromatic carbocycles. The number of rotatable bonds is 11. The van der Waals surface area contributed by atoms with Crippen LogP contribution in [0.15, 0.2) is 60.7 Å². The van der Waals surface area contributed by atoms with Crippen molar-refractivity contribution in [3.05, 3.63) is 100 Å². The monoisotopic (exact) mass is 586 g/mol. The average molecular weight is 587 g/mol. The van der Waals surface area contributed by atoms with Gasteiger partial charge in [-0.1, -0.05) is 36.4 Å². The molecule has 42 heavy (non-hydrogen) atoms. The van der Waals surface area contributed by atoms with Crippen molar-refractivity contribution < 1.29 is 36.6 Å². The zero-order chi connectivity index (χ0) is 30.4. The molecule has 0 spiro atoms. The number of aromatic nitrogens is 2. The third-order valence-electron chi connectivity index (χ3n) is 6.53. The number of amides is 2. The first-order valence-electron chi connectivity index (χ1n) is 13.1. The van der Waals surface area contributed by atoms with Crippen molar-refractivity contribution >= 4 is 17.5 Å². The van der Waals surface area contributed by atoms with Crippen LogP contribution in [0.2, 0.25) is 0 Å². The Hall–Kier alpha value is -4.61. The van der Waals surface area contributed by atoms with E-state index in [1.54, 1.807) is 56.3 Å². The fourth-order valence-electron chi connectivity index (χ4n) is 4.44. The predicted octanol–water partition coefficient (Wildman–Crippen LogP) is 5.88. The smallest absolute Gasteiger partial charge is 0.407 e. The van der Waals surface area contributed by atoms with Crippen molar-refractivity contribution in [3.63, 3.8) is 0 Å². The van der Waals surface area contributed by atoms with Gasteiger partial charge in [0.15, 0.2) is 0 Å². The Labute approximate surface area is 239 Å². The number of alkyl carbamates (subject to hydrolysis) is 1. The summed E-state index contributed by atoms with van der Waals surface area (Å²) < 4.78 is 67.3. The van der Waals surface area contributed by atoms with Gasteiger partial charge in [-0.15, -0.1) is 0 Å². The van der Waals surface area contributed by atoms with Crippen molar-refractivity contribution in [1.82, 2.24) is 20.2 Å². The number of benzene rings is 2. The Morgan fingerprint density at radius 1 is 1.00 bits per heavy atom. The minimum atomic E-state index is -2.78. The molecular weight excluding hydrogens is 556 g/mol. The van der Waals surface area contributed by atoms with Gasteiger partial charge in [0, 0.05) is 19.0 Å². The van der Waals surface area contributed by atoms with Gasteiger partial charge in [0.25, 0.3) is 5.91 Å². The molecule has 2 amide bonds. The normalized spacial score (nSPS) is 12.7. The van der Waals surface area contributed by atoms with Crippen molar-refractivity contribution in [2.45, 2.75) is 52.4 Å². The van der Waals surface area contributed by atoms with Crippen molar-refractivity contribution in [2.24, 2.45) is 0 Å². The van der Waals surface area contributed by atoms with Gasteiger partial charge in [0.05, 0.1) is 27.9 Å². The Balaban J connectivity index is 1.50. The van der Waals surface area contributed by atoms with Crippen LogP contribution in [0, 0.1) is 25.5 Å². The number of aryl methyl sites for hydroxylation is 2. The van der Waals surface area contributed by atoms with E-state index in [2.05, 4.69) is 15.7 Å². The van der Waals surface area contributed by atoms with Crippen LogP contribution in [0.3, 0.4) is 0 Å². The highest BCUT2D eigenvalue weighted by Crippen LogP contribution is 2.25. The van der Waals surface area contributed by atoms with E-state index >= 15 is 0 Å². The topological polar surface area (TPSA) is 94.0 Å². The van der Waals surface area contributed by atoms with Crippen molar-refractivity contribution in [2.75, 3.05) is 6.54 Å². The molecule has 8 nitrogen and oxygen atoms in total. The van der Waals surface area contributed by atoms with E-state index in [9.17, 15) is 27.2 Å². The van der Waals surface area contributed by atoms with Crippen LogP contribution < -0.4 is 15.4 Å². The van der Waals surface area contributed by atoms with Gasteiger partial charge in [-0.05, 0) is 50.1 Å². The first-order valence-corrected chi connectivity index (χ1v) is 13.1. The molecular formula is C30H30F4N4O4. The maximum atomic E-state index is 14.1. The molecule has 2 heterocycles. The highest BCUT2D eigenvalue weighted by molar-refractivity contribution is 6.02. The van der Waals surface area contributed by atoms with E-state index in [0.29, 0.717) is 16.8 Å². The molecule has 12 heteroatoms. The minimum Gasteiger partial charge on any atom is -0.473 e. The van der Waals surface area contributed by atoms with Crippen LogP contribution in [0.25, 0.3) is 5.52 Å². The highest BCUT2D eigenvalue weighted by atomic mass is 19.3. The van der Waals surface area contributed by atoms with Crippen LogP contribution in [0.5, 0.6) is 5.88 Å². The van der Waals surface area contributed by atoms with Gasteiger partial charge in [-0.25, -0.2) is 22.4 Å². The largest absolute Gasteiger partial charge is 0.473 e. The van der Waals surface area contributed by atoms with E-state index in [-0.39, 0.29) is 30.2 Å². The molecule has 4 aromatic rings. The summed E-state index contributed by atoms with van der Waals surface area (Å²) in [5.41, 5.74) is 0.366. The number of alkyl halides is 2. The van der Waals surface area contributed by atoms with Crippen LogP contribution in [0.1, 0.15) is 46.1 Å². The predicted molar refractivity (Wildman–Crippen MR) is 146 cm³/mol. The van der Waals surface area contributed by atoms with Crippen molar-refractivity contribution in [1.29, 1.82) is 0 Å². The fraction of sp³-hybridized carbons (Fsp3) is 0.300. The SMILES string of the molecule is Cc1cc(OCc2c(F)cccc2F)n2nc(C)c(C(=O)NCC(C)(CC(F)F)NC(=O)OCc3ccccc3)c2c1. The number of fused-ring (bicyclic) bond motifs is 1. The Kier molecular flexibility index (Phi) is 9.34. The lowest BCUT2D eigenvalue weighted by molar-refractivity contribution is 0.0784. The molecule has 0 radical (unpaired) electrons. The summed E-state index contributed by atoms with van der Waals surface area (Å²) in [6.07, 6.45) is -4.43. The highest BCUT2D eigenvalue weighted by Gasteiger charge is 2.32. The molecule has 0 aliphatic heterocycles. The summed E-state index contributed by atoms with van der Waals surface area (Å²) >= 11 is 0. The van der Waals surface area contributed by atoms with E-state index in [1.165, 1.54) is 17.5 Å². The molecule has 0 saturated carbocycles. The zero-order valence-corrected chi connectivity index (χ0v) is 23.2. The summed E-state index contributed by atoms with van der Waals surface area (Å²) in [5.74, 6) is -2.01. The third kappa shape index (κ3) is 7.36. The van der Waals surface area contributed by atoms with E-state index < -0.39 is 48.6 Å². The summed E-state index contributed by atoms with van der Waals surface area (Å²) in [7, 11) is 0. The fourth-order valence-corrected chi connectivity index (χ4v) is 4.44. The van der Waals surface area contributed by atoms with Crippen LogP contribution in [0.4, 0.5) is 22.4 Å². The molecule has 0 bridgehead atoms. The van der Waals surface area contributed by atoms with Gasteiger partial charge in [-0.3, -0.25) is 4.79 Å². The Morgan fingerprint density at radius 3 is 2.36 bits per heavy atom. The molecule has 0 aliphatic rings. The first kappa shape index (κ1) is 30.4. The summed E-state index contributed by atoms with van der Waals surface area (Å²) in [6, 6.07) is 15.6. The second-order valence-electron chi connectivity index (χ2n) is 10.1. The molecule has 4 rings (SSSR count). The van der Waals surface area contributed by atoms with Gasteiger partial charge in [0.1, 0.15) is 24.8 Å². The number of hydrogen-bond donors (Lipinski definition) is 2. The maximum absolute atomic E-state index is 14.1. The molecule has 0 fully saturated rings. The number of carbonyl (C=O) groups is 2. The number of ether oxygens (including phenoxy) is 2. The average Bonchev–Trinajstić information content (AvgIpc) is 3.26. The zero-order valence-electron chi connectivity index (χ0n) is 23.2. The Morgan fingerprint density at radius 2 is 1.69 bits per heavy atom. The van der Waals surface area contributed by atoms with Gasteiger partial charge < -0.3 is 20.1 Å². The molecule has 0 aliphatic carbocycles. The molecule has 1 atom stereocenters. The van der Waals surface area contributed by atoms with E-state index in [0.717, 1.165) is 17.7 Å². The number of pyridine rings is 1. The number of halogens is 4. The van der Waals surface area contributed by atoms with Gasteiger partial charge >= 0.3 is 6.09 Å². The van der Waals surface area contributed by atoms with Gasteiger partial charge in [0.2, 0.25) is 12.3 Å². The molecule has 2 N–H and O–H groups in total. The van der Waals surface area contributed by atoms with Crippen LogP contribution >= 0.6 is 0 Å². The minimum absolute atomic E-state index is 0.0569. The summed E-state index contributed by atoms with van der Waals surface area (Å²) in [5, 5.41) is 9.43. The summed E-state index contributed by atoms with van der Waals surface area (Å²) in [6.45, 7) is 3.88. The second kappa shape index (κ2) is 12.9.